The van der Waals surface area contributed by atoms with Gasteiger partial charge in [-0.15, -0.1) is 5.10 Å². The third kappa shape index (κ3) is 2.83. The molecule has 0 fully saturated rings. The zero-order valence-electron chi connectivity index (χ0n) is 12.7. The van der Waals surface area contributed by atoms with Gasteiger partial charge in [0.15, 0.2) is 0 Å². The van der Waals surface area contributed by atoms with Crippen LogP contribution in [0.5, 0.6) is 0 Å². The minimum Gasteiger partial charge on any atom is -0.392 e. The van der Waals surface area contributed by atoms with Gasteiger partial charge in [0, 0.05) is 5.41 Å². The Labute approximate surface area is 127 Å². The molecule has 114 valence electrons. The second-order valence-electron chi connectivity index (χ2n) is 6.04. The zero-order chi connectivity index (χ0) is 15.7. The van der Waals surface area contributed by atoms with Crippen LogP contribution in [0.2, 0.25) is 0 Å². The lowest BCUT2D eigenvalue weighted by atomic mass is 9.97. The Bertz CT molecular complexity index is 823. The van der Waals surface area contributed by atoms with Gasteiger partial charge in [-0.3, -0.25) is 0 Å². The maximum absolute atomic E-state index is 11.8. The first-order valence-electron chi connectivity index (χ1n) is 6.98. The Morgan fingerprint density at radius 2 is 1.86 bits per heavy atom. The van der Waals surface area contributed by atoms with Gasteiger partial charge >= 0.3 is 5.76 Å². The molecule has 0 aliphatic heterocycles. The summed E-state index contributed by atoms with van der Waals surface area (Å²) in [5, 5.41) is 12.8. The molecule has 0 aliphatic rings. The second-order valence-corrected chi connectivity index (χ2v) is 6.04. The molecular formula is C15H17N5O2. The molecule has 1 aromatic carbocycles. The van der Waals surface area contributed by atoms with Gasteiger partial charge < -0.3 is 4.42 Å². The Hall–Kier alpha value is -2.70. The third-order valence-corrected chi connectivity index (χ3v) is 3.09. The van der Waals surface area contributed by atoms with E-state index in [1.165, 1.54) is 9.48 Å². The smallest absolute Gasteiger partial charge is 0.392 e. The van der Waals surface area contributed by atoms with Crippen LogP contribution in [0.15, 0.2) is 45.7 Å². The Morgan fingerprint density at radius 1 is 1.14 bits per heavy atom. The van der Waals surface area contributed by atoms with Crippen molar-refractivity contribution in [1.82, 2.24) is 24.8 Å². The Kier molecular flexibility index (Phi) is 3.40. The van der Waals surface area contributed by atoms with E-state index in [1.807, 2.05) is 51.1 Å². The fourth-order valence-corrected chi connectivity index (χ4v) is 1.92. The molecule has 0 bridgehead atoms. The SMILES string of the molecule is CC(C)(C)c1nn(Cc2cnn(-c3ccccc3)n2)c(=O)o1. The minimum atomic E-state index is -0.487. The first kappa shape index (κ1) is 14.2. The second kappa shape index (κ2) is 5.25. The highest BCUT2D eigenvalue weighted by Crippen LogP contribution is 2.18. The van der Waals surface area contributed by atoms with Crippen LogP contribution < -0.4 is 5.76 Å². The van der Waals surface area contributed by atoms with Crippen molar-refractivity contribution < 1.29 is 4.42 Å². The van der Waals surface area contributed by atoms with Crippen molar-refractivity contribution in [2.24, 2.45) is 0 Å². The molecule has 7 heteroatoms. The van der Waals surface area contributed by atoms with Crippen molar-refractivity contribution in [3.8, 4) is 5.69 Å². The highest BCUT2D eigenvalue weighted by molar-refractivity contribution is 5.28. The number of para-hydroxylation sites is 1. The molecule has 2 heterocycles. The van der Waals surface area contributed by atoms with Crippen LogP contribution in [0.3, 0.4) is 0 Å². The van der Waals surface area contributed by atoms with Crippen molar-refractivity contribution >= 4 is 0 Å². The maximum atomic E-state index is 11.8. The van der Waals surface area contributed by atoms with Crippen LogP contribution in [-0.4, -0.2) is 24.8 Å². The lowest BCUT2D eigenvalue weighted by Gasteiger charge is -2.10. The summed E-state index contributed by atoms with van der Waals surface area (Å²) in [4.78, 5) is 13.4. The van der Waals surface area contributed by atoms with E-state index in [9.17, 15) is 4.79 Å². The molecular weight excluding hydrogens is 282 g/mol. The summed E-state index contributed by atoms with van der Waals surface area (Å²) < 4.78 is 6.45. The lowest BCUT2D eigenvalue weighted by molar-refractivity contribution is 0.374. The molecule has 0 saturated carbocycles. The number of hydrogen-bond acceptors (Lipinski definition) is 5. The molecule has 2 aromatic heterocycles. The summed E-state index contributed by atoms with van der Waals surface area (Å²) >= 11 is 0. The molecule has 0 atom stereocenters. The first-order chi connectivity index (χ1) is 10.4. The molecule has 0 aliphatic carbocycles. The average Bonchev–Trinajstić information content (AvgIpc) is 3.08. The van der Waals surface area contributed by atoms with Gasteiger partial charge in [-0.25, -0.2) is 4.79 Å². The highest BCUT2D eigenvalue weighted by Gasteiger charge is 2.22. The first-order valence-corrected chi connectivity index (χ1v) is 6.98. The molecule has 3 aromatic rings. The van der Waals surface area contributed by atoms with E-state index in [-0.39, 0.29) is 12.0 Å². The molecule has 0 saturated heterocycles. The molecule has 7 nitrogen and oxygen atoms in total. The standard InChI is InChI=1S/C15H17N5O2/c1-15(2,3)13-18-19(14(21)22-13)10-11-9-16-20(17-11)12-7-5-4-6-8-12/h4-9H,10H2,1-3H3. The molecule has 22 heavy (non-hydrogen) atoms. The van der Waals surface area contributed by atoms with Crippen LogP contribution in [0.25, 0.3) is 5.69 Å². The van der Waals surface area contributed by atoms with E-state index in [4.69, 9.17) is 4.42 Å². The predicted molar refractivity (Wildman–Crippen MR) is 79.9 cm³/mol. The van der Waals surface area contributed by atoms with E-state index >= 15 is 0 Å². The average molecular weight is 299 g/mol. The van der Waals surface area contributed by atoms with Gasteiger partial charge in [-0.2, -0.15) is 19.7 Å². The van der Waals surface area contributed by atoms with Crippen molar-refractivity contribution in [3.63, 3.8) is 0 Å². The van der Waals surface area contributed by atoms with Gasteiger partial charge in [0.25, 0.3) is 0 Å². The summed E-state index contributed by atoms with van der Waals surface area (Å²) in [6.07, 6.45) is 1.62. The highest BCUT2D eigenvalue weighted by atomic mass is 16.4. The maximum Gasteiger partial charge on any atom is 0.437 e. The van der Waals surface area contributed by atoms with E-state index in [1.54, 1.807) is 6.20 Å². The number of nitrogens with zero attached hydrogens (tertiary/aromatic N) is 5. The number of benzene rings is 1. The number of rotatable bonds is 3. The van der Waals surface area contributed by atoms with Gasteiger partial charge in [0.05, 0.1) is 18.4 Å². The van der Waals surface area contributed by atoms with Crippen molar-refractivity contribution in [3.05, 3.63) is 58.7 Å². The fraction of sp³-hybridized carbons (Fsp3) is 0.333. The topological polar surface area (TPSA) is 78.7 Å². The molecule has 0 unspecified atom stereocenters. The van der Waals surface area contributed by atoms with Crippen molar-refractivity contribution in [1.29, 1.82) is 0 Å². The molecule has 0 spiro atoms. The minimum absolute atomic E-state index is 0.227. The van der Waals surface area contributed by atoms with E-state index in [0.717, 1.165) is 5.69 Å². The van der Waals surface area contributed by atoms with Crippen LogP contribution in [0, 0.1) is 0 Å². The summed E-state index contributed by atoms with van der Waals surface area (Å²) in [7, 11) is 0. The summed E-state index contributed by atoms with van der Waals surface area (Å²) in [6, 6.07) is 9.57. The molecule has 0 radical (unpaired) electrons. The van der Waals surface area contributed by atoms with Crippen LogP contribution in [0.1, 0.15) is 32.4 Å². The van der Waals surface area contributed by atoms with Crippen molar-refractivity contribution in [2.75, 3.05) is 0 Å². The third-order valence-electron chi connectivity index (χ3n) is 3.09. The Morgan fingerprint density at radius 3 is 2.50 bits per heavy atom. The van der Waals surface area contributed by atoms with E-state index in [0.29, 0.717) is 11.6 Å². The predicted octanol–water partition coefficient (Wildman–Crippen LogP) is 1.76. The normalized spacial score (nSPS) is 11.8. The quantitative estimate of drug-likeness (QED) is 0.736. The van der Waals surface area contributed by atoms with Gasteiger partial charge in [-0.05, 0) is 12.1 Å². The fourth-order valence-electron chi connectivity index (χ4n) is 1.92. The summed E-state index contributed by atoms with van der Waals surface area (Å²) in [5.74, 6) is -0.0767. The molecule has 0 N–H and O–H groups in total. The van der Waals surface area contributed by atoms with Crippen LogP contribution >= 0.6 is 0 Å². The Balaban J connectivity index is 1.84. The summed E-state index contributed by atoms with van der Waals surface area (Å²) in [6.45, 7) is 6.04. The van der Waals surface area contributed by atoms with E-state index < -0.39 is 5.76 Å². The summed E-state index contributed by atoms with van der Waals surface area (Å²) in [5.41, 5.74) is 1.18. The largest absolute Gasteiger partial charge is 0.437 e. The number of hydrogen-bond donors (Lipinski definition) is 0. The van der Waals surface area contributed by atoms with Gasteiger partial charge in [0.2, 0.25) is 5.89 Å². The van der Waals surface area contributed by atoms with Crippen LogP contribution in [-0.2, 0) is 12.0 Å². The van der Waals surface area contributed by atoms with Gasteiger partial charge in [-0.1, -0.05) is 39.0 Å². The monoisotopic (exact) mass is 299 g/mol. The van der Waals surface area contributed by atoms with Crippen LogP contribution in [0.4, 0.5) is 0 Å². The molecule has 3 rings (SSSR count). The van der Waals surface area contributed by atoms with E-state index in [2.05, 4.69) is 15.3 Å². The zero-order valence-corrected chi connectivity index (χ0v) is 12.7. The van der Waals surface area contributed by atoms with Crippen molar-refractivity contribution in [2.45, 2.75) is 32.7 Å². The number of aromatic nitrogens is 5. The lowest BCUT2D eigenvalue weighted by Crippen LogP contribution is -2.17. The van der Waals surface area contributed by atoms with Gasteiger partial charge in [0.1, 0.15) is 5.69 Å². The molecule has 0 amide bonds.